The molecule has 0 aliphatic carbocycles. The van der Waals surface area contributed by atoms with E-state index in [-0.39, 0.29) is 6.10 Å². The first-order valence-electron chi connectivity index (χ1n) is 6.62. The van der Waals surface area contributed by atoms with E-state index in [1.807, 2.05) is 0 Å². The van der Waals surface area contributed by atoms with Gasteiger partial charge in [-0.2, -0.15) is 0 Å². The smallest absolute Gasteiger partial charge is 0.0700 e. The molecule has 2 atom stereocenters. The summed E-state index contributed by atoms with van der Waals surface area (Å²) in [6.45, 7) is 10.2. The molecule has 0 aromatic heterocycles. The molecule has 0 spiro atoms. The molecule has 0 heterocycles. The van der Waals surface area contributed by atoms with Crippen molar-refractivity contribution in [3.05, 3.63) is 0 Å². The molecule has 0 amide bonds. The van der Waals surface area contributed by atoms with Gasteiger partial charge in [0.25, 0.3) is 0 Å². The molecule has 0 bridgehead atoms. The van der Waals surface area contributed by atoms with Crippen LogP contribution in [0, 0.1) is 0 Å². The molecule has 0 saturated heterocycles. The summed E-state index contributed by atoms with van der Waals surface area (Å²) >= 11 is 0. The molecule has 0 aromatic carbocycles. The monoisotopic (exact) mass is 247 g/mol. The van der Waals surface area contributed by atoms with E-state index in [0.717, 1.165) is 32.6 Å². The van der Waals surface area contributed by atoms with Crippen molar-refractivity contribution < 1.29 is 14.2 Å². The first-order chi connectivity index (χ1) is 8.20. The SMILES string of the molecule is CCC(C)NCC(C)OCCCOCCOC. The third-order valence-electron chi connectivity index (χ3n) is 2.63. The van der Waals surface area contributed by atoms with E-state index in [0.29, 0.717) is 19.3 Å². The zero-order valence-corrected chi connectivity index (χ0v) is 11.8. The van der Waals surface area contributed by atoms with E-state index < -0.39 is 0 Å². The molecule has 0 aliphatic heterocycles. The minimum absolute atomic E-state index is 0.267. The Hall–Kier alpha value is -0.160. The van der Waals surface area contributed by atoms with Crippen LogP contribution in [-0.4, -0.2) is 52.2 Å². The molecule has 0 fully saturated rings. The van der Waals surface area contributed by atoms with Crippen LogP contribution in [0.3, 0.4) is 0 Å². The standard InChI is InChI=1S/C13H29NO3/c1-5-12(2)14-11-13(3)17-8-6-7-16-10-9-15-4/h12-14H,5-11H2,1-4H3. The summed E-state index contributed by atoms with van der Waals surface area (Å²) in [5.41, 5.74) is 0. The van der Waals surface area contributed by atoms with E-state index in [4.69, 9.17) is 14.2 Å². The van der Waals surface area contributed by atoms with Crippen LogP contribution in [0.15, 0.2) is 0 Å². The molecule has 0 aliphatic rings. The second-order valence-electron chi connectivity index (χ2n) is 4.36. The van der Waals surface area contributed by atoms with Crippen LogP contribution in [0.4, 0.5) is 0 Å². The Kier molecular flexibility index (Phi) is 12.2. The lowest BCUT2D eigenvalue weighted by molar-refractivity contribution is 0.0297. The molecular formula is C13H29NO3. The highest BCUT2D eigenvalue weighted by atomic mass is 16.5. The molecule has 2 unspecified atom stereocenters. The van der Waals surface area contributed by atoms with Crippen molar-refractivity contribution in [1.82, 2.24) is 5.32 Å². The maximum absolute atomic E-state index is 5.67. The Morgan fingerprint density at radius 1 is 1.06 bits per heavy atom. The third-order valence-corrected chi connectivity index (χ3v) is 2.63. The van der Waals surface area contributed by atoms with Crippen LogP contribution < -0.4 is 5.32 Å². The lowest BCUT2D eigenvalue weighted by Crippen LogP contribution is -2.33. The van der Waals surface area contributed by atoms with Gasteiger partial charge < -0.3 is 19.5 Å². The van der Waals surface area contributed by atoms with E-state index in [1.54, 1.807) is 7.11 Å². The van der Waals surface area contributed by atoms with E-state index in [1.165, 1.54) is 0 Å². The van der Waals surface area contributed by atoms with Gasteiger partial charge in [0.15, 0.2) is 0 Å². The molecule has 104 valence electrons. The lowest BCUT2D eigenvalue weighted by atomic mass is 10.2. The summed E-state index contributed by atoms with van der Waals surface area (Å²) in [6.07, 6.45) is 2.36. The number of rotatable bonds is 12. The summed E-state index contributed by atoms with van der Waals surface area (Å²) in [5, 5.41) is 3.43. The normalized spacial score (nSPS) is 14.8. The van der Waals surface area contributed by atoms with Crippen LogP contribution >= 0.6 is 0 Å². The first kappa shape index (κ1) is 16.8. The average molecular weight is 247 g/mol. The van der Waals surface area contributed by atoms with Crippen molar-refractivity contribution in [2.24, 2.45) is 0 Å². The van der Waals surface area contributed by atoms with Gasteiger partial charge in [-0.15, -0.1) is 0 Å². The molecule has 0 aromatic rings. The van der Waals surface area contributed by atoms with Crippen molar-refractivity contribution in [2.75, 3.05) is 40.1 Å². The highest BCUT2D eigenvalue weighted by molar-refractivity contribution is 4.61. The van der Waals surface area contributed by atoms with E-state index in [9.17, 15) is 0 Å². The summed E-state index contributed by atoms with van der Waals surface area (Å²) in [7, 11) is 1.68. The van der Waals surface area contributed by atoms with E-state index in [2.05, 4.69) is 26.1 Å². The zero-order valence-electron chi connectivity index (χ0n) is 11.8. The molecule has 1 N–H and O–H groups in total. The second-order valence-corrected chi connectivity index (χ2v) is 4.36. The maximum atomic E-state index is 5.67. The molecule has 0 saturated carbocycles. The largest absolute Gasteiger partial charge is 0.382 e. The van der Waals surface area contributed by atoms with Gasteiger partial charge in [-0.3, -0.25) is 0 Å². The number of hydrogen-bond acceptors (Lipinski definition) is 4. The van der Waals surface area contributed by atoms with Gasteiger partial charge in [-0.1, -0.05) is 6.92 Å². The predicted octanol–water partition coefficient (Wildman–Crippen LogP) is 1.83. The van der Waals surface area contributed by atoms with E-state index >= 15 is 0 Å². The summed E-state index contributed by atoms with van der Waals surface area (Å²) in [4.78, 5) is 0. The van der Waals surface area contributed by atoms with Gasteiger partial charge in [-0.25, -0.2) is 0 Å². The number of ether oxygens (including phenoxy) is 3. The summed E-state index contributed by atoms with van der Waals surface area (Å²) < 4.78 is 15.9. The quantitative estimate of drug-likeness (QED) is 0.534. The Morgan fingerprint density at radius 2 is 1.82 bits per heavy atom. The molecule has 0 rings (SSSR count). The minimum Gasteiger partial charge on any atom is -0.382 e. The average Bonchev–Trinajstić information content (AvgIpc) is 2.34. The Labute approximate surface area is 106 Å². The van der Waals surface area contributed by atoms with Gasteiger partial charge in [0, 0.05) is 32.9 Å². The van der Waals surface area contributed by atoms with Gasteiger partial charge in [-0.05, 0) is 26.7 Å². The van der Waals surface area contributed by atoms with Crippen LogP contribution in [0.1, 0.15) is 33.6 Å². The van der Waals surface area contributed by atoms with Crippen molar-refractivity contribution in [2.45, 2.75) is 45.8 Å². The van der Waals surface area contributed by atoms with Gasteiger partial charge >= 0.3 is 0 Å². The highest BCUT2D eigenvalue weighted by Gasteiger charge is 2.03. The van der Waals surface area contributed by atoms with Crippen LogP contribution in [0.5, 0.6) is 0 Å². The Bertz CT molecular complexity index is 156. The fourth-order valence-electron chi connectivity index (χ4n) is 1.26. The van der Waals surface area contributed by atoms with Crippen LogP contribution in [0.2, 0.25) is 0 Å². The third kappa shape index (κ3) is 12.1. The lowest BCUT2D eigenvalue weighted by Gasteiger charge is -2.17. The number of hydrogen-bond donors (Lipinski definition) is 1. The minimum atomic E-state index is 0.267. The summed E-state index contributed by atoms with van der Waals surface area (Å²) in [6, 6.07) is 0.568. The molecule has 17 heavy (non-hydrogen) atoms. The van der Waals surface area contributed by atoms with Crippen molar-refractivity contribution >= 4 is 0 Å². The van der Waals surface area contributed by atoms with Crippen molar-refractivity contribution in [1.29, 1.82) is 0 Å². The fraction of sp³-hybridized carbons (Fsp3) is 1.00. The highest BCUT2D eigenvalue weighted by Crippen LogP contribution is 1.94. The second kappa shape index (κ2) is 12.3. The van der Waals surface area contributed by atoms with Gasteiger partial charge in [0.05, 0.1) is 19.3 Å². The molecular weight excluding hydrogens is 218 g/mol. The van der Waals surface area contributed by atoms with Crippen molar-refractivity contribution in [3.8, 4) is 0 Å². The fourth-order valence-corrected chi connectivity index (χ4v) is 1.26. The maximum Gasteiger partial charge on any atom is 0.0700 e. The Balaban J connectivity index is 3.19. The first-order valence-corrected chi connectivity index (χ1v) is 6.62. The molecule has 0 radical (unpaired) electrons. The van der Waals surface area contributed by atoms with Gasteiger partial charge in [0.1, 0.15) is 0 Å². The zero-order chi connectivity index (χ0) is 12.9. The van der Waals surface area contributed by atoms with Gasteiger partial charge in [0.2, 0.25) is 0 Å². The van der Waals surface area contributed by atoms with Crippen molar-refractivity contribution in [3.63, 3.8) is 0 Å². The predicted molar refractivity (Wildman–Crippen MR) is 70.5 cm³/mol. The number of nitrogens with one attached hydrogen (secondary N) is 1. The molecule has 4 nitrogen and oxygen atoms in total. The number of methoxy groups -OCH3 is 1. The van der Waals surface area contributed by atoms with Crippen LogP contribution in [-0.2, 0) is 14.2 Å². The topological polar surface area (TPSA) is 39.7 Å². The Morgan fingerprint density at radius 3 is 2.47 bits per heavy atom. The molecule has 4 heteroatoms. The van der Waals surface area contributed by atoms with Crippen LogP contribution in [0.25, 0.3) is 0 Å². The summed E-state index contributed by atoms with van der Waals surface area (Å²) in [5.74, 6) is 0.